The second-order valence-corrected chi connectivity index (χ2v) is 6.94. The summed E-state index contributed by atoms with van der Waals surface area (Å²) in [5, 5.41) is 1.98. The molecular weight excluding hydrogens is 359 g/mol. The van der Waals surface area contributed by atoms with Crippen LogP contribution in [0.1, 0.15) is 25.0 Å². The third kappa shape index (κ3) is 3.22. The molecule has 1 fully saturated rings. The van der Waals surface area contributed by atoms with Gasteiger partial charge < -0.3 is 19.6 Å². The quantitative estimate of drug-likeness (QED) is 0.731. The summed E-state index contributed by atoms with van der Waals surface area (Å²) in [5.74, 6) is 0.233. The molecule has 0 unspecified atom stereocenters. The number of halogens is 3. The van der Waals surface area contributed by atoms with Crippen LogP contribution in [0.15, 0.2) is 30.6 Å². The number of H-pyrrole nitrogens is 1. The molecule has 4 heterocycles. The molecule has 2 amide bonds. The number of urea groups is 1. The van der Waals surface area contributed by atoms with Crippen LogP contribution < -0.4 is 5.32 Å². The van der Waals surface area contributed by atoms with Gasteiger partial charge in [-0.2, -0.15) is 13.2 Å². The summed E-state index contributed by atoms with van der Waals surface area (Å²) >= 11 is 0. The van der Waals surface area contributed by atoms with Gasteiger partial charge in [0.25, 0.3) is 0 Å². The van der Waals surface area contributed by atoms with Crippen LogP contribution >= 0.6 is 0 Å². The van der Waals surface area contributed by atoms with E-state index in [0.717, 1.165) is 28.8 Å². The summed E-state index contributed by atoms with van der Waals surface area (Å²) in [6.07, 6.45) is 0.0294. The van der Waals surface area contributed by atoms with Crippen molar-refractivity contribution in [3.63, 3.8) is 0 Å². The van der Waals surface area contributed by atoms with Gasteiger partial charge in [-0.1, -0.05) is 13.3 Å². The van der Waals surface area contributed by atoms with Crippen LogP contribution in [-0.2, 0) is 0 Å². The average Bonchev–Trinajstić information content (AvgIpc) is 3.33. The van der Waals surface area contributed by atoms with Crippen molar-refractivity contribution in [2.45, 2.75) is 25.4 Å². The van der Waals surface area contributed by atoms with Crippen molar-refractivity contribution in [3.8, 4) is 0 Å². The Morgan fingerprint density at radius 3 is 2.89 bits per heavy atom. The van der Waals surface area contributed by atoms with E-state index >= 15 is 0 Å². The van der Waals surface area contributed by atoms with E-state index in [1.54, 1.807) is 6.20 Å². The molecule has 0 radical (unpaired) electrons. The SMILES string of the molecule is CC[C@@H]1CN(C(=O)NCC(F)(F)F)C[C@@H]1c1ccc2cnc3[nH]ccc3n12. The summed E-state index contributed by atoms with van der Waals surface area (Å²) < 4.78 is 39.3. The lowest BCUT2D eigenvalue weighted by atomic mass is 9.91. The van der Waals surface area contributed by atoms with Gasteiger partial charge in [0.1, 0.15) is 6.54 Å². The number of amides is 2. The first-order valence-electron chi connectivity index (χ1n) is 8.90. The zero-order chi connectivity index (χ0) is 19.2. The molecule has 27 heavy (non-hydrogen) atoms. The highest BCUT2D eigenvalue weighted by Gasteiger charge is 2.37. The Labute approximate surface area is 153 Å². The third-order valence-corrected chi connectivity index (χ3v) is 5.28. The van der Waals surface area contributed by atoms with E-state index in [1.165, 1.54) is 4.90 Å². The second kappa shape index (κ2) is 6.47. The molecule has 3 aromatic rings. The van der Waals surface area contributed by atoms with Crippen molar-refractivity contribution < 1.29 is 18.0 Å². The number of alkyl halides is 3. The van der Waals surface area contributed by atoms with E-state index in [4.69, 9.17) is 0 Å². The number of nitrogens with zero attached hydrogens (tertiary/aromatic N) is 3. The maximum Gasteiger partial charge on any atom is 0.405 e. The zero-order valence-corrected chi connectivity index (χ0v) is 14.8. The topological polar surface area (TPSA) is 65.4 Å². The number of hydrogen-bond donors (Lipinski definition) is 2. The number of likely N-dealkylation sites (tertiary alicyclic amines) is 1. The summed E-state index contributed by atoms with van der Waals surface area (Å²) in [6.45, 7) is 1.56. The Balaban J connectivity index is 1.63. The third-order valence-electron chi connectivity index (χ3n) is 5.28. The van der Waals surface area contributed by atoms with Crippen molar-refractivity contribution in [1.82, 2.24) is 24.6 Å². The molecule has 1 aliphatic heterocycles. The van der Waals surface area contributed by atoms with E-state index in [0.29, 0.717) is 13.1 Å². The maximum atomic E-state index is 12.4. The van der Waals surface area contributed by atoms with Gasteiger partial charge in [-0.15, -0.1) is 0 Å². The highest BCUT2D eigenvalue weighted by molar-refractivity contribution is 5.77. The monoisotopic (exact) mass is 379 g/mol. The molecule has 2 N–H and O–H groups in total. The normalized spacial score (nSPS) is 20.7. The molecule has 144 valence electrons. The van der Waals surface area contributed by atoms with Gasteiger partial charge in [0.05, 0.1) is 17.2 Å². The minimum absolute atomic E-state index is 0.0506. The highest BCUT2D eigenvalue weighted by Crippen LogP contribution is 2.36. The summed E-state index contributed by atoms with van der Waals surface area (Å²) in [4.78, 5) is 21.2. The summed E-state index contributed by atoms with van der Waals surface area (Å²) in [5.41, 5.74) is 3.72. The largest absolute Gasteiger partial charge is 0.405 e. The zero-order valence-electron chi connectivity index (χ0n) is 14.8. The van der Waals surface area contributed by atoms with Gasteiger partial charge in [0.15, 0.2) is 5.65 Å². The van der Waals surface area contributed by atoms with Crippen molar-refractivity contribution in [1.29, 1.82) is 0 Å². The predicted octanol–water partition coefficient (Wildman–Crippen LogP) is 3.51. The van der Waals surface area contributed by atoms with Gasteiger partial charge in [-0.05, 0) is 24.1 Å². The molecule has 3 aromatic heterocycles. The second-order valence-electron chi connectivity index (χ2n) is 6.94. The lowest BCUT2D eigenvalue weighted by Gasteiger charge is -2.18. The van der Waals surface area contributed by atoms with E-state index in [9.17, 15) is 18.0 Å². The number of aromatic amines is 1. The molecule has 6 nitrogen and oxygen atoms in total. The molecule has 4 rings (SSSR count). The van der Waals surface area contributed by atoms with Crippen molar-refractivity contribution in [3.05, 3.63) is 36.3 Å². The lowest BCUT2D eigenvalue weighted by molar-refractivity contribution is -0.123. The standard InChI is InChI=1S/C18H20F3N5O/c1-2-11-8-25(17(27)24-10-18(19,20)21)9-13(11)14-4-3-12-7-23-16-15(26(12)14)5-6-22-16/h3-7,11,13,22H,2,8-10H2,1H3,(H,24,27)/t11-,13+/m1/s1. The first-order chi connectivity index (χ1) is 12.9. The van der Waals surface area contributed by atoms with Gasteiger partial charge in [-0.25, -0.2) is 9.78 Å². The van der Waals surface area contributed by atoms with Crippen LogP contribution in [0.3, 0.4) is 0 Å². The number of rotatable bonds is 3. The van der Waals surface area contributed by atoms with E-state index in [2.05, 4.69) is 14.4 Å². The minimum Gasteiger partial charge on any atom is -0.345 e. The fourth-order valence-corrected chi connectivity index (χ4v) is 3.98. The maximum absolute atomic E-state index is 12.4. The number of aromatic nitrogens is 3. The van der Waals surface area contributed by atoms with Crippen LogP contribution in [0, 0.1) is 5.92 Å². The Morgan fingerprint density at radius 2 is 2.15 bits per heavy atom. The number of fused-ring (bicyclic) bond motifs is 3. The number of carbonyl (C=O) groups is 1. The average molecular weight is 379 g/mol. The highest BCUT2D eigenvalue weighted by atomic mass is 19.4. The minimum atomic E-state index is -4.41. The van der Waals surface area contributed by atoms with Crippen molar-refractivity contribution in [2.24, 2.45) is 5.92 Å². The Bertz CT molecular complexity index is 976. The summed E-state index contributed by atoms with van der Waals surface area (Å²) in [7, 11) is 0. The van der Waals surface area contributed by atoms with Crippen LogP contribution in [0.5, 0.6) is 0 Å². The fraction of sp³-hybridized carbons (Fsp3) is 0.444. The molecule has 0 bridgehead atoms. The van der Waals surface area contributed by atoms with Crippen molar-refractivity contribution in [2.75, 3.05) is 19.6 Å². The molecule has 0 aliphatic carbocycles. The van der Waals surface area contributed by atoms with Gasteiger partial charge in [0.2, 0.25) is 0 Å². The smallest absolute Gasteiger partial charge is 0.345 e. The van der Waals surface area contributed by atoms with Gasteiger partial charge in [-0.3, -0.25) is 0 Å². The molecular formula is C18H20F3N5O. The Kier molecular flexibility index (Phi) is 4.24. The molecule has 2 atom stereocenters. The Hall–Kier alpha value is -2.71. The van der Waals surface area contributed by atoms with E-state index < -0.39 is 18.8 Å². The van der Waals surface area contributed by atoms with Gasteiger partial charge >= 0.3 is 12.2 Å². The molecule has 0 spiro atoms. The number of nitrogens with one attached hydrogen (secondary N) is 2. The molecule has 1 saturated heterocycles. The molecule has 1 aliphatic rings. The first kappa shape index (κ1) is 17.7. The van der Waals surface area contributed by atoms with Crippen LogP contribution in [0.2, 0.25) is 0 Å². The van der Waals surface area contributed by atoms with Crippen molar-refractivity contribution >= 4 is 22.7 Å². The number of carbonyl (C=O) groups excluding carboxylic acids is 1. The first-order valence-corrected chi connectivity index (χ1v) is 8.90. The molecule has 9 heteroatoms. The summed E-state index contributed by atoms with van der Waals surface area (Å²) in [6, 6.07) is 5.28. The number of hydrogen-bond acceptors (Lipinski definition) is 2. The molecule has 0 aromatic carbocycles. The van der Waals surface area contributed by atoms with Gasteiger partial charge in [0, 0.05) is 30.9 Å². The van der Waals surface area contributed by atoms with E-state index in [1.807, 2.05) is 36.6 Å². The predicted molar refractivity (Wildman–Crippen MR) is 94.6 cm³/mol. The van der Waals surface area contributed by atoms with Crippen LogP contribution in [0.25, 0.3) is 16.7 Å². The lowest BCUT2D eigenvalue weighted by Crippen LogP contribution is -2.42. The Morgan fingerprint density at radius 1 is 1.33 bits per heavy atom. The van der Waals surface area contributed by atoms with Crippen LogP contribution in [0.4, 0.5) is 18.0 Å². The van der Waals surface area contributed by atoms with E-state index in [-0.39, 0.29) is 11.8 Å². The molecule has 0 saturated carbocycles. The van der Waals surface area contributed by atoms with Crippen LogP contribution in [-0.4, -0.2) is 51.1 Å². The fourth-order valence-electron chi connectivity index (χ4n) is 3.98.